The fraction of sp³-hybridized carbons (Fsp3) is 0.615. The largest absolute Gasteiger partial charge is 0.463 e. The molecule has 3 aliphatic rings. The van der Waals surface area contributed by atoms with Crippen LogP contribution in [0, 0.1) is 5.92 Å². The molecule has 1 spiro atoms. The van der Waals surface area contributed by atoms with Gasteiger partial charge in [0.15, 0.2) is 0 Å². The van der Waals surface area contributed by atoms with Crippen LogP contribution in [0.2, 0.25) is 0 Å². The molecule has 0 aromatic heterocycles. The molecule has 102 valence electrons. The average molecular weight is 265 g/mol. The quantitative estimate of drug-likeness (QED) is 0.527. The molecule has 0 N–H and O–H groups in total. The van der Waals surface area contributed by atoms with Gasteiger partial charge in [-0.1, -0.05) is 0 Å². The number of ether oxygens (including phenoxy) is 1. The molecular formula is C13H15NO5. The highest BCUT2D eigenvalue weighted by molar-refractivity contribution is 6.46. The zero-order valence-electron chi connectivity index (χ0n) is 10.8. The number of ketones is 2. The summed E-state index contributed by atoms with van der Waals surface area (Å²) in [7, 11) is 0. The van der Waals surface area contributed by atoms with Crippen molar-refractivity contribution in [3.05, 3.63) is 11.6 Å². The lowest BCUT2D eigenvalue weighted by molar-refractivity contribution is -0.193. The molecule has 3 bridgehead atoms. The van der Waals surface area contributed by atoms with Crippen LogP contribution in [-0.2, 0) is 24.0 Å². The first kappa shape index (κ1) is 12.5. The summed E-state index contributed by atoms with van der Waals surface area (Å²) < 4.78 is 4.98. The third kappa shape index (κ3) is 1.35. The first-order valence-electron chi connectivity index (χ1n) is 6.47. The Balaban J connectivity index is 2.00. The number of carbonyl (C=O) groups is 3. The normalized spacial score (nSPS) is 36.0. The zero-order chi connectivity index (χ0) is 13.8. The predicted octanol–water partition coefficient (Wildman–Crippen LogP) is 0.0221. The molecule has 2 saturated heterocycles. The van der Waals surface area contributed by atoms with Crippen molar-refractivity contribution >= 4 is 17.5 Å². The Labute approximate surface area is 110 Å². The van der Waals surface area contributed by atoms with E-state index in [9.17, 15) is 14.4 Å². The summed E-state index contributed by atoms with van der Waals surface area (Å²) in [4.78, 5) is 41.4. The molecule has 3 rings (SSSR count). The average Bonchev–Trinajstić information content (AvgIpc) is 2.95. The third-order valence-electron chi connectivity index (χ3n) is 4.02. The van der Waals surface area contributed by atoms with E-state index in [4.69, 9.17) is 9.57 Å². The van der Waals surface area contributed by atoms with Crippen molar-refractivity contribution in [3.63, 3.8) is 0 Å². The Kier molecular flexibility index (Phi) is 2.62. The maximum atomic E-state index is 12.1. The SMILES string of the molecule is CCOC(=O)C1=CC23CC1C(C(=O)C2=O)N3OCC. The van der Waals surface area contributed by atoms with Gasteiger partial charge in [-0.3, -0.25) is 14.4 Å². The minimum Gasteiger partial charge on any atom is -0.463 e. The smallest absolute Gasteiger partial charge is 0.334 e. The number of carbonyl (C=O) groups excluding carboxylic acids is 3. The number of esters is 1. The summed E-state index contributed by atoms with van der Waals surface area (Å²) in [5, 5.41) is 1.48. The minimum atomic E-state index is -1.06. The molecule has 3 atom stereocenters. The van der Waals surface area contributed by atoms with Crippen molar-refractivity contribution in [2.75, 3.05) is 13.2 Å². The van der Waals surface area contributed by atoms with E-state index in [1.54, 1.807) is 19.9 Å². The Morgan fingerprint density at radius 1 is 1.42 bits per heavy atom. The van der Waals surface area contributed by atoms with Gasteiger partial charge < -0.3 is 4.74 Å². The van der Waals surface area contributed by atoms with Gasteiger partial charge in [0.2, 0.25) is 11.6 Å². The number of Topliss-reactive ketones (excluding diaryl/α,β-unsaturated/α-hetero) is 2. The lowest BCUT2D eigenvalue weighted by Crippen LogP contribution is -2.44. The van der Waals surface area contributed by atoms with Gasteiger partial charge in [-0.15, -0.1) is 0 Å². The molecule has 6 heteroatoms. The number of hydrogen-bond donors (Lipinski definition) is 0. The molecule has 0 aromatic carbocycles. The van der Waals surface area contributed by atoms with Crippen LogP contribution in [0.4, 0.5) is 0 Å². The Hall–Kier alpha value is -1.53. The molecular weight excluding hydrogens is 250 g/mol. The molecule has 19 heavy (non-hydrogen) atoms. The topological polar surface area (TPSA) is 72.9 Å². The lowest BCUT2D eigenvalue weighted by Gasteiger charge is -2.29. The monoisotopic (exact) mass is 265 g/mol. The van der Waals surface area contributed by atoms with Crippen LogP contribution in [0.25, 0.3) is 0 Å². The van der Waals surface area contributed by atoms with Gasteiger partial charge in [0.1, 0.15) is 11.6 Å². The predicted molar refractivity (Wildman–Crippen MR) is 62.8 cm³/mol. The van der Waals surface area contributed by atoms with Crippen molar-refractivity contribution in [2.45, 2.75) is 31.8 Å². The van der Waals surface area contributed by atoms with Crippen LogP contribution in [0.3, 0.4) is 0 Å². The van der Waals surface area contributed by atoms with E-state index in [-0.39, 0.29) is 12.5 Å². The summed E-state index contributed by atoms with van der Waals surface area (Å²) in [6.45, 7) is 4.18. The maximum Gasteiger partial charge on any atom is 0.334 e. The molecule has 0 aromatic rings. The summed E-state index contributed by atoms with van der Waals surface area (Å²) in [6, 6.07) is -0.656. The van der Waals surface area contributed by atoms with Crippen LogP contribution in [0.1, 0.15) is 20.3 Å². The summed E-state index contributed by atoms with van der Waals surface area (Å²) in [5.74, 6) is -1.64. The first-order valence-corrected chi connectivity index (χ1v) is 6.47. The summed E-state index contributed by atoms with van der Waals surface area (Å²) in [5.41, 5.74) is -0.619. The Morgan fingerprint density at radius 3 is 2.74 bits per heavy atom. The van der Waals surface area contributed by atoms with Crippen molar-refractivity contribution in [1.29, 1.82) is 0 Å². The van der Waals surface area contributed by atoms with Crippen molar-refractivity contribution in [1.82, 2.24) is 5.06 Å². The van der Waals surface area contributed by atoms with E-state index in [1.165, 1.54) is 5.06 Å². The molecule has 2 aliphatic heterocycles. The Bertz CT molecular complexity index is 511. The van der Waals surface area contributed by atoms with Crippen LogP contribution in [0.15, 0.2) is 11.6 Å². The van der Waals surface area contributed by atoms with E-state index in [1.807, 2.05) is 0 Å². The van der Waals surface area contributed by atoms with Gasteiger partial charge in [-0.2, -0.15) is 5.06 Å². The molecule has 0 amide bonds. The van der Waals surface area contributed by atoms with Crippen molar-refractivity contribution < 1.29 is 24.0 Å². The molecule has 2 heterocycles. The van der Waals surface area contributed by atoms with Crippen LogP contribution in [-0.4, -0.2) is 47.4 Å². The fourth-order valence-corrected chi connectivity index (χ4v) is 3.37. The molecule has 2 fully saturated rings. The van der Waals surface area contributed by atoms with Gasteiger partial charge in [0.05, 0.1) is 13.2 Å². The maximum absolute atomic E-state index is 12.1. The van der Waals surface area contributed by atoms with Gasteiger partial charge >= 0.3 is 5.97 Å². The molecule has 0 saturated carbocycles. The van der Waals surface area contributed by atoms with Gasteiger partial charge in [0, 0.05) is 11.5 Å². The van der Waals surface area contributed by atoms with Gasteiger partial charge in [0.25, 0.3) is 0 Å². The molecule has 1 aliphatic carbocycles. The highest BCUT2D eigenvalue weighted by atomic mass is 16.7. The van der Waals surface area contributed by atoms with Crippen molar-refractivity contribution in [3.8, 4) is 0 Å². The van der Waals surface area contributed by atoms with Crippen molar-refractivity contribution in [2.24, 2.45) is 5.92 Å². The van der Waals surface area contributed by atoms with Crippen LogP contribution >= 0.6 is 0 Å². The number of nitrogens with zero attached hydrogens (tertiary/aromatic N) is 1. The number of fused-ring (bicyclic) bond motifs is 3. The zero-order valence-corrected chi connectivity index (χ0v) is 10.8. The van der Waals surface area contributed by atoms with E-state index in [2.05, 4.69) is 0 Å². The highest BCUT2D eigenvalue weighted by Crippen LogP contribution is 2.55. The minimum absolute atomic E-state index is 0.275. The summed E-state index contributed by atoms with van der Waals surface area (Å²) >= 11 is 0. The molecule has 3 unspecified atom stereocenters. The van der Waals surface area contributed by atoms with Gasteiger partial charge in [-0.25, -0.2) is 4.79 Å². The highest BCUT2D eigenvalue weighted by Gasteiger charge is 2.72. The number of rotatable bonds is 4. The third-order valence-corrected chi connectivity index (χ3v) is 4.02. The van der Waals surface area contributed by atoms with E-state index >= 15 is 0 Å². The standard InChI is InChI=1S/C13H15NO5/c1-3-18-12(17)8-6-13-5-7(8)9(10(15)11(13)16)14(13)19-4-2/h6-7,9H,3-5H2,1-2H3. The van der Waals surface area contributed by atoms with Gasteiger partial charge in [-0.05, 0) is 26.3 Å². The molecule has 0 radical (unpaired) electrons. The number of hydrogen-bond acceptors (Lipinski definition) is 6. The van der Waals surface area contributed by atoms with E-state index in [0.717, 1.165) is 0 Å². The second-order valence-corrected chi connectivity index (χ2v) is 4.94. The van der Waals surface area contributed by atoms with E-state index in [0.29, 0.717) is 18.6 Å². The van der Waals surface area contributed by atoms with Crippen LogP contribution < -0.4 is 0 Å². The molecule has 6 nitrogen and oxygen atoms in total. The number of hydroxylamine groups is 2. The fourth-order valence-electron chi connectivity index (χ4n) is 3.37. The first-order chi connectivity index (χ1) is 9.06. The second kappa shape index (κ2) is 3.98. The second-order valence-electron chi connectivity index (χ2n) is 4.94. The Morgan fingerprint density at radius 2 is 2.16 bits per heavy atom. The van der Waals surface area contributed by atoms with E-state index < -0.39 is 29.1 Å². The van der Waals surface area contributed by atoms with Crippen LogP contribution in [0.5, 0.6) is 0 Å². The summed E-state index contributed by atoms with van der Waals surface area (Å²) in [6.07, 6.45) is 2.01. The lowest BCUT2D eigenvalue weighted by atomic mass is 9.84.